The zero-order valence-corrected chi connectivity index (χ0v) is 22.8. The second-order valence-electron chi connectivity index (χ2n) is 10.6. The Balaban J connectivity index is 0.000000214. The normalized spacial score (nSPS) is 14.7. The summed E-state index contributed by atoms with van der Waals surface area (Å²) in [4.78, 5) is 24.3. The number of hydrogen-bond donors (Lipinski definition) is 2. The molecule has 4 aromatic rings. The van der Waals surface area contributed by atoms with Gasteiger partial charge in [0.25, 0.3) is 0 Å². The number of nitrogens with zero attached hydrogens (tertiary/aromatic N) is 4. The monoisotopic (exact) mass is 490 g/mol. The van der Waals surface area contributed by atoms with Crippen molar-refractivity contribution in [3.63, 3.8) is 0 Å². The Morgan fingerprint density at radius 2 is 1.61 bits per heavy atom. The number of fused-ring (bicyclic) bond motifs is 2. The molecule has 2 N–H and O–H groups in total. The molecule has 1 fully saturated rings. The van der Waals surface area contributed by atoms with Crippen molar-refractivity contribution in [2.24, 2.45) is 5.92 Å². The first-order valence-corrected chi connectivity index (χ1v) is 13.6. The maximum absolute atomic E-state index is 11.6. The van der Waals surface area contributed by atoms with Crippen molar-refractivity contribution in [1.82, 2.24) is 29.5 Å². The van der Waals surface area contributed by atoms with Crippen molar-refractivity contribution >= 4 is 16.7 Å². The van der Waals surface area contributed by atoms with Crippen LogP contribution in [-0.2, 0) is 0 Å². The number of hydrogen-bond acceptors (Lipinski definition) is 4. The minimum absolute atomic E-state index is 0.184. The smallest absolute Gasteiger partial charge is 0.306 e. The van der Waals surface area contributed by atoms with Crippen molar-refractivity contribution in [3.05, 3.63) is 51.8 Å². The van der Waals surface area contributed by atoms with Gasteiger partial charge in [0, 0.05) is 18.3 Å². The van der Waals surface area contributed by atoms with Crippen LogP contribution in [-0.4, -0.2) is 49.1 Å². The average Bonchev–Trinajstić information content (AvgIpc) is 3.50. The molecule has 0 bridgehead atoms. The van der Waals surface area contributed by atoms with Crippen LogP contribution in [0, 0.1) is 19.8 Å². The molecular weight excluding hydrogens is 448 g/mol. The highest BCUT2D eigenvalue weighted by Gasteiger charge is 2.17. The molecular formula is C29H42N6O. The molecule has 4 heterocycles. The maximum Gasteiger partial charge on any atom is 0.323 e. The van der Waals surface area contributed by atoms with Crippen molar-refractivity contribution in [3.8, 4) is 11.1 Å². The highest BCUT2D eigenvalue weighted by atomic mass is 16.1. The van der Waals surface area contributed by atoms with Gasteiger partial charge in [0.05, 0.1) is 11.0 Å². The van der Waals surface area contributed by atoms with E-state index in [4.69, 9.17) is 0 Å². The third-order valence-electron chi connectivity index (χ3n) is 7.84. The number of rotatable bonds is 6. The van der Waals surface area contributed by atoms with Gasteiger partial charge in [-0.2, -0.15) is 5.10 Å². The van der Waals surface area contributed by atoms with Gasteiger partial charge in [-0.05, 0) is 86.0 Å². The molecule has 0 saturated carbocycles. The van der Waals surface area contributed by atoms with E-state index in [1.54, 1.807) is 6.33 Å². The predicted octanol–water partition coefficient (Wildman–Crippen LogP) is 6.21. The predicted molar refractivity (Wildman–Crippen MR) is 149 cm³/mol. The van der Waals surface area contributed by atoms with Crippen LogP contribution in [0.4, 0.5) is 0 Å². The van der Waals surface area contributed by atoms with Crippen LogP contribution in [0.15, 0.2) is 29.5 Å². The van der Waals surface area contributed by atoms with Crippen LogP contribution in [0.3, 0.4) is 0 Å². The molecule has 1 saturated heterocycles. The fourth-order valence-corrected chi connectivity index (χ4v) is 5.34. The van der Waals surface area contributed by atoms with Crippen molar-refractivity contribution < 1.29 is 0 Å². The van der Waals surface area contributed by atoms with E-state index in [-0.39, 0.29) is 5.69 Å². The lowest BCUT2D eigenvalue weighted by atomic mass is 9.90. The van der Waals surface area contributed by atoms with Crippen molar-refractivity contribution in [1.29, 1.82) is 0 Å². The molecule has 0 unspecified atom stereocenters. The lowest BCUT2D eigenvalue weighted by Crippen LogP contribution is -2.33. The molecule has 7 nitrogen and oxygen atoms in total. The van der Waals surface area contributed by atoms with Crippen molar-refractivity contribution in [2.75, 3.05) is 19.6 Å². The maximum atomic E-state index is 11.6. The van der Waals surface area contributed by atoms with Gasteiger partial charge < -0.3 is 14.9 Å². The zero-order valence-electron chi connectivity index (χ0n) is 22.8. The fourth-order valence-electron chi connectivity index (χ4n) is 5.34. The van der Waals surface area contributed by atoms with E-state index in [0.717, 1.165) is 39.3 Å². The SMILES string of the molecule is CCC(CC)CN1CCCCC1.Cc1c(-c2cc3[nH]c(=O)[nH]c3cc2C(C)C)cn2ncnc2c1C. The summed E-state index contributed by atoms with van der Waals surface area (Å²) in [5.74, 6) is 1.28. The van der Waals surface area contributed by atoms with Crippen LogP contribution in [0.25, 0.3) is 27.8 Å². The first kappa shape index (κ1) is 26.1. The Labute approximate surface area is 214 Å². The number of likely N-dealkylation sites (tertiary alicyclic amines) is 1. The first-order chi connectivity index (χ1) is 17.3. The number of benzene rings is 1. The van der Waals surface area contributed by atoms with E-state index < -0.39 is 0 Å². The molecule has 0 amide bonds. The Morgan fingerprint density at radius 1 is 0.944 bits per heavy atom. The Bertz CT molecular complexity index is 1350. The summed E-state index contributed by atoms with van der Waals surface area (Å²) in [7, 11) is 0. The number of pyridine rings is 1. The Hall–Kier alpha value is -2.93. The lowest BCUT2D eigenvalue weighted by molar-refractivity contribution is 0.190. The number of aromatic nitrogens is 5. The van der Waals surface area contributed by atoms with Crippen LogP contribution in [0.2, 0.25) is 0 Å². The van der Waals surface area contributed by atoms with E-state index in [0.29, 0.717) is 5.92 Å². The second-order valence-corrected chi connectivity index (χ2v) is 10.6. The second kappa shape index (κ2) is 11.4. The summed E-state index contributed by atoms with van der Waals surface area (Å²) in [5, 5.41) is 4.29. The fraction of sp³-hybridized carbons (Fsp3) is 0.552. The van der Waals surface area contributed by atoms with E-state index >= 15 is 0 Å². The van der Waals surface area contributed by atoms with Gasteiger partial charge in [0.1, 0.15) is 6.33 Å². The molecule has 3 aromatic heterocycles. The molecule has 5 rings (SSSR count). The number of aryl methyl sites for hydroxylation is 1. The third-order valence-corrected chi connectivity index (χ3v) is 7.84. The van der Waals surface area contributed by atoms with Gasteiger partial charge in [0.15, 0.2) is 5.65 Å². The summed E-state index contributed by atoms with van der Waals surface area (Å²) >= 11 is 0. The first-order valence-electron chi connectivity index (χ1n) is 13.6. The molecule has 0 spiro atoms. The van der Waals surface area contributed by atoms with Gasteiger partial charge in [0.2, 0.25) is 0 Å². The van der Waals surface area contributed by atoms with E-state index in [1.165, 1.54) is 62.9 Å². The Kier molecular flexibility index (Phi) is 8.29. The molecule has 36 heavy (non-hydrogen) atoms. The highest BCUT2D eigenvalue weighted by Crippen LogP contribution is 2.35. The van der Waals surface area contributed by atoms with E-state index in [2.05, 4.69) is 72.6 Å². The Morgan fingerprint density at radius 3 is 2.25 bits per heavy atom. The molecule has 0 radical (unpaired) electrons. The van der Waals surface area contributed by atoms with Crippen LogP contribution >= 0.6 is 0 Å². The topological polar surface area (TPSA) is 82.1 Å². The average molecular weight is 491 g/mol. The van der Waals surface area contributed by atoms with Gasteiger partial charge in [-0.15, -0.1) is 0 Å². The quantitative estimate of drug-likeness (QED) is 0.336. The minimum Gasteiger partial charge on any atom is -0.306 e. The van der Waals surface area contributed by atoms with Crippen LogP contribution in [0.5, 0.6) is 0 Å². The number of aromatic amines is 2. The third kappa shape index (κ3) is 5.56. The van der Waals surface area contributed by atoms with Gasteiger partial charge >= 0.3 is 5.69 Å². The summed E-state index contributed by atoms with van der Waals surface area (Å²) in [5.41, 5.74) is 8.05. The number of H-pyrrole nitrogens is 2. The van der Waals surface area contributed by atoms with Gasteiger partial charge in [-0.1, -0.05) is 47.0 Å². The van der Waals surface area contributed by atoms with Crippen LogP contribution < -0.4 is 5.69 Å². The van der Waals surface area contributed by atoms with Crippen molar-refractivity contribution in [2.45, 2.75) is 79.6 Å². The molecule has 1 aliphatic heterocycles. The summed E-state index contributed by atoms with van der Waals surface area (Å²) < 4.78 is 1.81. The molecule has 1 aliphatic rings. The lowest BCUT2D eigenvalue weighted by Gasteiger charge is -2.29. The van der Waals surface area contributed by atoms with E-state index in [9.17, 15) is 4.79 Å². The minimum atomic E-state index is -0.184. The van der Waals surface area contributed by atoms with E-state index in [1.807, 2.05) is 16.8 Å². The number of imidazole rings is 1. The highest BCUT2D eigenvalue weighted by molar-refractivity contribution is 5.85. The molecule has 0 aliphatic carbocycles. The molecule has 194 valence electrons. The summed E-state index contributed by atoms with van der Waals surface area (Å²) in [6.45, 7) is 17.2. The molecule has 0 atom stereocenters. The summed E-state index contributed by atoms with van der Waals surface area (Å²) in [6, 6.07) is 4.11. The molecule has 7 heteroatoms. The molecule has 1 aromatic carbocycles. The van der Waals surface area contributed by atoms with Gasteiger partial charge in [-0.25, -0.2) is 14.3 Å². The zero-order chi connectivity index (χ0) is 25.8. The van der Waals surface area contributed by atoms with Gasteiger partial charge in [-0.3, -0.25) is 0 Å². The number of piperidine rings is 1. The largest absolute Gasteiger partial charge is 0.323 e. The number of nitrogens with one attached hydrogen (secondary N) is 2. The summed E-state index contributed by atoms with van der Waals surface area (Å²) in [6.07, 6.45) is 10.6. The van der Waals surface area contributed by atoms with Crippen LogP contribution in [0.1, 0.15) is 82.4 Å². The standard InChI is InChI=1S/C18H19N5O.C11H23N/c1-9(2)12-5-15-16(22-18(24)21-15)6-13(12)14-7-23-17(19-8-20-23)11(4)10(14)3;1-3-11(4-2)10-12-8-6-5-7-9-12/h5-9H,1-4H3,(H2,21,22,24);11H,3-10H2,1-2H3.